The van der Waals surface area contributed by atoms with Gasteiger partial charge in [0.2, 0.25) is 6.08 Å². The van der Waals surface area contributed by atoms with Gasteiger partial charge < -0.3 is 0 Å². The van der Waals surface area contributed by atoms with Crippen molar-refractivity contribution >= 4 is 27.7 Å². The summed E-state index contributed by atoms with van der Waals surface area (Å²) < 4.78 is 25.5. The van der Waals surface area contributed by atoms with Gasteiger partial charge in [-0.05, 0) is 28.1 Å². The van der Waals surface area contributed by atoms with Crippen LogP contribution in [0.25, 0.3) is 0 Å². The van der Waals surface area contributed by atoms with E-state index in [-0.39, 0.29) is 10.2 Å². The van der Waals surface area contributed by atoms with E-state index in [9.17, 15) is 13.6 Å². The Morgan fingerprint density at radius 2 is 2.08 bits per heavy atom. The van der Waals surface area contributed by atoms with Crippen molar-refractivity contribution in [1.82, 2.24) is 0 Å². The number of aliphatic imine (C=N–C) groups is 1. The fraction of sp³-hybridized carbons (Fsp3) is 0. The van der Waals surface area contributed by atoms with Gasteiger partial charge in [0.15, 0.2) is 11.6 Å². The van der Waals surface area contributed by atoms with Gasteiger partial charge in [-0.15, -0.1) is 0 Å². The van der Waals surface area contributed by atoms with Crippen molar-refractivity contribution in [2.24, 2.45) is 4.99 Å². The zero-order valence-electron chi connectivity index (χ0n) is 5.64. The highest BCUT2D eigenvalue weighted by Gasteiger charge is 2.10. The van der Waals surface area contributed by atoms with E-state index in [2.05, 4.69) is 20.9 Å². The molecule has 0 saturated carbocycles. The van der Waals surface area contributed by atoms with E-state index in [0.717, 1.165) is 12.1 Å². The molecule has 0 aliphatic heterocycles. The minimum absolute atomic E-state index is 0.213. The first-order chi connectivity index (χ1) is 5.66. The Balaban J connectivity index is 3.42. The molecule has 0 bridgehead atoms. The first-order valence-corrected chi connectivity index (χ1v) is 3.67. The highest BCUT2D eigenvalue weighted by atomic mass is 79.9. The number of carbonyl (C=O) groups excluding carboxylic acids is 1. The summed E-state index contributed by atoms with van der Waals surface area (Å²) in [5.41, 5.74) is -0.370. The molecule has 0 unspecified atom stereocenters. The third-order valence-electron chi connectivity index (χ3n) is 1.18. The number of hydrogen-bond donors (Lipinski definition) is 0. The number of benzene rings is 1. The standard InChI is InChI=1S/C7H2BrF2NO/c8-4-1-2-5(9)6(10)7(4)11-3-12/h1-2H. The SMILES string of the molecule is O=C=Nc1c(Br)ccc(F)c1F. The highest BCUT2D eigenvalue weighted by molar-refractivity contribution is 9.10. The Morgan fingerprint density at radius 1 is 1.42 bits per heavy atom. The lowest BCUT2D eigenvalue weighted by molar-refractivity contribution is 0.509. The summed E-state index contributed by atoms with van der Waals surface area (Å²) in [6, 6.07) is 2.19. The number of isocyanates is 1. The first-order valence-electron chi connectivity index (χ1n) is 2.88. The lowest BCUT2D eigenvalue weighted by Crippen LogP contribution is -1.84. The molecule has 1 rings (SSSR count). The van der Waals surface area contributed by atoms with Crippen molar-refractivity contribution in [3.8, 4) is 0 Å². The van der Waals surface area contributed by atoms with Gasteiger partial charge in [0.1, 0.15) is 5.69 Å². The summed E-state index contributed by atoms with van der Waals surface area (Å²) >= 11 is 2.90. The Labute approximate surface area is 75.1 Å². The molecule has 2 nitrogen and oxygen atoms in total. The minimum atomic E-state index is -1.16. The molecule has 5 heteroatoms. The van der Waals surface area contributed by atoms with Crippen molar-refractivity contribution in [1.29, 1.82) is 0 Å². The van der Waals surface area contributed by atoms with Gasteiger partial charge in [0, 0.05) is 4.47 Å². The van der Waals surface area contributed by atoms with Crippen LogP contribution in [0.2, 0.25) is 0 Å². The predicted octanol–water partition coefficient (Wildman–Crippen LogP) is 2.69. The maximum absolute atomic E-state index is 12.8. The fourth-order valence-corrected chi connectivity index (χ4v) is 1.06. The molecule has 0 amide bonds. The predicted molar refractivity (Wildman–Crippen MR) is 41.8 cm³/mol. The maximum atomic E-state index is 12.8. The highest BCUT2D eigenvalue weighted by Crippen LogP contribution is 2.29. The molecule has 1 aromatic carbocycles. The van der Waals surface area contributed by atoms with Crippen molar-refractivity contribution in [3.63, 3.8) is 0 Å². The van der Waals surface area contributed by atoms with Gasteiger partial charge in [0.05, 0.1) is 0 Å². The molecule has 62 valence electrons. The average Bonchev–Trinajstić information content (AvgIpc) is 2.06. The summed E-state index contributed by atoms with van der Waals surface area (Å²) in [6.07, 6.45) is 1.13. The van der Waals surface area contributed by atoms with Gasteiger partial charge in [-0.1, -0.05) is 0 Å². The van der Waals surface area contributed by atoms with Crippen LogP contribution < -0.4 is 0 Å². The topological polar surface area (TPSA) is 29.4 Å². The number of hydrogen-bond acceptors (Lipinski definition) is 2. The van der Waals surface area contributed by atoms with Crippen LogP contribution in [0, 0.1) is 11.6 Å². The number of rotatable bonds is 1. The normalized spacial score (nSPS) is 9.25. The monoisotopic (exact) mass is 233 g/mol. The maximum Gasteiger partial charge on any atom is 0.240 e. The van der Waals surface area contributed by atoms with E-state index < -0.39 is 11.6 Å². The Morgan fingerprint density at radius 3 is 2.67 bits per heavy atom. The third kappa shape index (κ3) is 1.57. The van der Waals surface area contributed by atoms with E-state index in [4.69, 9.17) is 0 Å². The molecule has 0 fully saturated rings. The van der Waals surface area contributed by atoms with Crippen molar-refractivity contribution in [2.45, 2.75) is 0 Å². The van der Waals surface area contributed by atoms with Gasteiger partial charge in [-0.3, -0.25) is 0 Å². The van der Waals surface area contributed by atoms with E-state index in [0.29, 0.717) is 0 Å². The van der Waals surface area contributed by atoms with Crippen LogP contribution in [0.5, 0.6) is 0 Å². The molecule has 0 aliphatic carbocycles. The van der Waals surface area contributed by atoms with Crippen LogP contribution in [0.3, 0.4) is 0 Å². The second-order valence-electron chi connectivity index (χ2n) is 1.89. The summed E-state index contributed by atoms with van der Waals surface area (Å²) in [6.45, 7) is 0. The van der Waals surface area contributed by atoms with Gasteiger partial charge in [-0.25, -0.2) is 13.6 Å². The molecule has 0 spiro atoms. The Kier molecular flexibility index (Phi) is 2.68. The molecular formula is C7H2BrF2NO. The molecule has 0 N–H and O–H groups in total. The molecule has 0 saturated heterocycles. The zero-order chi connectivity index (χ0) is 9.14. The van der Waals surface area contributed by atoms with Crippen molar-refractivity contribution < 1.29 is 13.6 Å². The summed E-state index contributed by atoms with van der Waals surface area (Å²) in [5.74, 6) is -2.21. The van der Waals surface area contributed by atoms with Crippen molar-refractivity contribution in [2.75, 3.05) is 0 Å². The van der Waals surface area contributed by atoms with Crippen LogP contribution >= 0.6 is 15.9 Å². The van der Waals surface area contributed by atoms with Gasteiger partial charge >= 0.3 is 0 Å². The van der Waals surface area contributed by atoms with E-state index >= 15 is 0 Å². The third-order valence-corrected chi connectivity index (χ3v) is 1.82. The van der Waals surface area contributed by atoms with Crippen LogP contribution in [-0.4, -0.2) is 6.08 Å². The second-order valence-corrected chi connectivity index (χ2v) is 2.75. The molecule has 12 heavy (non-hydrogen) atoms. The lowest BCUT2D eigenvalue weighted by atomic mass is 10.3. The number of halogens is 3. The smallest absolute Gasteiger partial charge is 0.211 e. The second kappa shape index (κ2) is 3.56. The summed E-state index contributed by atoms with van der Waals surface area (Å²) in [4.78, 5) is 12.8. The Hall–Kier alpha value is -1.06. The van der Waals surface area contributed by atoms with E-state index in [1.54, 1.807) is 0 Å². The molecule has 0 aliphatic rings. The molecule has 0 atom stereocenters. The minimum Gasteiger partial charge on any atom is -0.211 e. The Bertz CT molecular complexity index is 361. The summed E-state index contributed by atoms with van der Waals surface area (Å²) in [5, 5.41) is 0. The van der Waals surface area contributed by atoms with Crippen LogP contribution in [0.4, 0.5) is 14.5 Å². The number of nitrogens with zero attached hydrogens (tertiary/aromatic N) is 1. The van der Waals surface area contributed by atoms with Gasteiger partial charge in [-0.2, -0.15) is 4.99 Å². The lowest BCUT2D eigenvalue weighted by Gasteiger charge is -1.97. The van der Waals surface area contributed by atoms with Crippen LogP contribution in [-0.2, 0) is 4.79 Å². The largest absolute Gasteiger partial charge is 0.240 e. The van der Waals surface area contributed by atoms with Crippen LogP contribution in [0.15, 0.2) is 21.6 Å². The van der Waals surface area contributed by atoms with Crippen molar-refractivity contribution in [3.05, 3.63) is 28.2 Å². The average molecular weight is 234 g/mol. The molecule has 1 aromatic rings. The summed E-state index contributed by atoms with van der Waals surface area (Å²) in [7, 11) is 0. The molecule has 0 aromatic heterocycles. The zero-order valence-corrected chi connectivity index (χ0v) is 7.23. The van der Waals surface area contributed by atoms with Crippen LogP contribution in [0.1, 0.15) is 0 Å². The first kappa shape index (κ1) is 9.03. The fourth-order valence-electron chi connectivity index (χ4n) is 0.665. The molecule has 0 heterocycles. The quantitative estimate of drug-likeness (QED) is 0.417. The molecular weight excluding hydrogens is 232 g/mol. The molecule has 0 radical (unpaired) electrons. The van der Waals surface area contributed by atoms with E-state index in [1.807, 2.05) is 0 Å². The van der Waals surface area contributed by atoms with Gasteiger partial charge in [0.25, 0.3) is 0 Å². The van der Waals surface area contributed by atoms with E-state index in [1.165, 1.54) is 6.07 Å².